The zero-order valence-corrected chi connectivity index (χ0v) is 31.0. The van der Waals surface area contributed by atoms with Crippen molar-refractivity contribution in [2.45, 2.75) is 12.8 Å². The highest BCUT2D eigenvalue weighted by molar-refractivity contribution is 6.36. The number of halogens is 2. The van der Waals surface area contributed by atoms with Crippen LogP contribution in [0, 0.1) is 0 Å². The first-order valence-corrected chi connectivity index (χ1v) is 18.6. The first kappa shape index (κ1) is 37.4. The van der Waals surface area contributed by atoms with Gasteiger partial charge in [-0.25, -0.2) is 9.97 Å². The van der Waals surface area contributed by atoms with Gasteiger partial charge in [0.25, 0.3) is 0 Å². The van der Waals surface area contributed by atoms with Crippen LogP contribution in [0.15, 0.2) is 72.8 Å². The van der Waals surface area contributed by atoms with Crippen LogP contribution in [0.4, 0.5) is 0 Å². The van der Waals surface area contributed by atoms with Crippen LogP contribution in [0.5, 0.6) is 11.5 Å². The lowest BCUT2D eigenvalue weighted by Crippen LogP contribution is -2.05. The molecular formula is C42H40Cl2N4O6. The van der Waals surface area contributed by atoms with E-state index < -0.39 is 0 Å². The predicted octanol–water partition coefficient (Wildman–Crippen LogP) is 8.85. The van der Waals surface area contributed by atoms with Gasteiger partial charge in [-0.05, 0) is 84.0 Å². The molecule has 2 aliphatic heterocycles. The summed E-state index contributed by atoms with van der Waals surface area (Å²) in [7, 11) is 0. The Hall–Kier alpha value is -4.94. The van der Waals surface area contributed by atoms with E-state index >= 15 is 0 Å². The van der Waals surface area contributed by atoms with Crippen LogP contribution in [0.3, 0.4) is 0 Å². The Kier molecular flexibility index (Phi) is 12.4. The Morgan fingerprint density at radius 2 is 0.852 bits per heavy atom. The van der Waals surface area contributed by atoms with Gasteiger partial charge in [-0.15, -0.1) is 0 Å². The number of aliphatic hydroxyl groups is 2. The molecule has 2 aromatic carbocycles. The summed E-state index contributed by atoms with van der Waals surface area (Å²) in [6, 6.07) is 23.6. The summed E-state index contributed by atoms with van der Waals surface area (Å²) in [6.45, 7) is 2.71. The fourth-order valence-corrected chi connectivity index (χ4v) is 6.65. The summed E-state index contributed by atoms with van der Waals surface area (Å²) < 4.78 is 22.5. The first-order chi connectivity index (χ1) is 26.5. The van der Waals surface area contributed by atoms with Crippen molar-refractivity contribution in [3.05, 3.63) is 106 Å². The number of nitrogens with zero attached hydrogens (tertiary/aromatic N) is 2. The van der Waals surface area contributed by atoms with Crippen molar-refractivity contribution < 1.29 is 29.2 Å². The van der Waals surface area contributed by atoms with E-state index in [0.717, 1.165) is 56.2 Å². The molecule has 5 heterocycles. The van der Waals surface area contributed by atoms with E-state index in [9.17, 15) is 0 Å². The lowest BCUT2D eigenvalue weighted by atomic mass is 10.0. The highest BCUT2D eigenvalue weighted by Crippen LogP contribution is 2.36. The number of rotatable bonds is 16. The molecule has 7 rings (SSSR count). The molecule has 12 heteroatoms. The molecule has 0 saturated carbocycles. The fraction of sp³-hybridized carbons (Fsp3) is 0.238. The molecule has 3 aromatic heterocycles. The molecule has 0 fully saturated rings. The number of fused-ring (bicyclic) bond motifs is 8. The number of aliphatic hydroxyl groups excluding tert-OH is 2. The number of H-pyrrole nitrogens is 2. The van der Waals surface area contributed by atoms with Gasteiger partial charge in [0.1, 0.15) is 11.5 Å². The van der Waals surface area contributed by atoms with E-state index in [0.29, 0.717) is 84.9 Å². The van der Waals surface area contributed by atoms with Gasteiger partial charge in [0, 0.05) is 48.2 Å². The first-order valence-electron chi connectivity index (χ1n) is 17.8. The molecule has 0 radical (unpaired) electrons. The van der Waals surface area contributed by atoms with E-state index in [-0.39, 0.29) is 13.2 Å². The third-order valence-electron chi connectivity index (χ3n) is 8.79. The standard InChI is InChI=1S/C42H40Cl2N4O6/c43-41-35-15-11-31(45-35)39(27-3-7-29(8-4-27)53-23-1-21-51-25-19-49)32-12-16-36(46-32)42(44)38-18-14-34(48-38)40(33-13-17-37(41)47-33)28-5-9-30(10-6-28)54-24-2-22-52-26-20-50/h3-18,45,48-50H,1-2,19-26H2. The Morgan fingerprint density at radius 1 is 0.463 bits per heavy atom. The van der Waals surface area contributed by atoms with Gasteiger partial charge in [0.15, 0.2) is 0 Å². The van der Waals surface area contributed by atoms with Gasteiger partial charge < -0.3 is 39.1 Å². The summed E-state index contributed by atoms with van der Waals surface area (Å²) in [5, 5.41) is 18.7. The summed E-state index contributed by atoms with van der Waals surface area (Å²) in [5.74, 6) is 1.48. The maximum absolute atomic E-state index is 8.88. The lowest BCUT2D eigenvalue weighted by Gasteiger charge is -2.09. The molecule has 0 aliphatic carbocycles. The molecule has 0 atom stereocenters. The zero-order valence-electron chi connectivity index (χ0n) is 29.5. The molecule has 278 valence electrons. The predicted molar refractivity (Wildman–Crippen MR) is 216 cm³/mol. The minimum atomic E-state index is 0.00869. The van der Waals surface area contributed by atoms with E-state index in [1.54, 1.807) is 0 Å². The number of hydrogen-bond donors (Lipinski definition) is 4. The smallest absolute Gasteiger partial charge is 0.119 e. The van der Waals surface area contributed by atoms with E-state index in [1.807, 2.05) is 97.1 Å². The largest absolute Gasteiger partial charge is 0.494 e. The molecule has 0 saturated heterocycles. The number of aromatic nitrogens is 4. The van der Waals surface area contributed by atoms with Crippen LogP contribution >= 0.6 is 23.2 Å². The van der Waals surface area contributed by atoms with Crippen molar-refractivity contribution in [1.29, 1.82) is 0 Å². The third kappa shape index (κ3) is 8.71. The highest BCUT2D eigenvalue weighted by atomic mass is 35.5. The van der Waals surface area contributed by atoms with Crippen LogP contribution in [-0.2, 0) is 9.47 Å². The third-order valence-corrected chi connectivity index (χ3v) is 9.58. The molecule has 4 N–H and O–H groups in total. The van der Waals surface area contributed by atoms with Crippen molar-refractivity contribution in [3.63, 3.8) is 0 Å². The second-order valence-electron chi connectivity index (χ2n) is 12.5. The molecule has 8 bridgehead atoms. The lowest BCUT2D eigenvalue weighted by molar-refractivity contribution is 0.0835. The zero-order chi connectivity index (χ0) is 37.3. The number of hydrogen-bond acceptors (Lipinski definition) is 8. The SMILES string of the molecule is OCCOCCCOc1ccc(-c2c3nc(c(Cl)c4ccc([nH]4)c(-c4ccc(OCCCOCCO)cc4)c4nc(c(Cl)c5ccc2[nH]5)C=C4)C=C3)cc1. The van der Waals surface area contributed by atoms with Crippen LogP contribution in [-0.4, -0.2) is 83.0 Å². The maximum Gasteiger partial charge on any atom is 0.119 e. The Balaban J connectivity index is 1.28. The van der Waals surface area contributed by atoms with E-state index in [4.69, 9.17) is 62.3 Å². The van der Waals surface area contributed by atoms with Crippen molar-refractivity contribution in [3.8, 4) is 33.8 Å². The molecule has 10 nitrogen and oxygen atoms in total. The molecule has 0 unspecified atom stereocenters. The molecule has 0 spiro atoms. The average Bonchev–Trinajstić information content (AvgIpc) is 4.04. The minimum Gasteiger partial charge on any atom is -0.494 e. The monoisotopic (exact) mass is 766 g/mol. The van der Waals surface area contributed by atoms with Crippen molar-refractivity contribution in [2.75, 3.05) is 52.9 Å². The molecule has 2 aliphatic rings. The Morgan fingerprint density at radius 3 is 1.26 bits per heavy atom. The summed E-state index contributed by atoms with van der Waals surface area (Å²) >= 11 is 14.1. The van der Waals surface area contributed by atoms with Crippen molar-refractivity contribution >= 4 is 69.6 Å². The summed E-state index contributed by atoms with van der Waals surface area (Å²) in [6.07, 6.45) is 9.20. The van der Waals surface area contributed by atoms with Crippen LogP contribution < -0.4 is 9.47 Å². The summed E-state index contributed by atoms with van der Waals surface area (Å²) in [5.41, 5.74) is 9.42. The quantitative estimate of drug-likeness (QED) is 0.0717. The van der Waals surface area contributed by atoms with Gasteiger partial charge in [0.2, 0.25) is 0 Å². The number of benzene rings is 2. The average molecular weight is 768 g/mol. The van der Waals surface area contributed by atoms with Crippen molar-refractivity contribution in [2.24, 2.45) is 0 Å². The second-order valence-corrected chi connectivity index (χ2v) is 13.3. The highest BCUT2D eigenvalue weighted by Gasteiger charge is 2.17. The van der Waals surface area contributed by atoms with Gasteiger partial charge in [0.05, 0.1) is 83.5 Å². The minimum absolute atomic E-state index is 0.00869. The van der Waals surface area contributed by atoms with Crippen molar-refractivity contribution in [1.82, 2.24) is 19.9 Å². The Bertz CT molecular complexity index is 2140. The van der Waals surface area contributed by atoms with Gasteiger partial charge in [-0.1, -0.05) is 47.5 Å². The topological polar surface area (TPSA) is 135 Å². The van der Waals surface area contributed by atoms with E-state index in [1.165, 1.54) is 0 Å². The molecule has 54 heavy (non-hydrogen) atoms. The van der Waals surface area contributed by atoms with Crippen LogP contribution in [0.25, 0.3) is 68.6 Å². The number of nitrogens with one attached hydrogen (secondary N) is 2. The van der Waals surface area contributed by atoms with Crippen LogP contribution in [0.1, 0.15) is 35.6 Å². The van der Waals surface area contributed by atoms with Gasteiger partial charge in [-0.3, -0.25) is 0 Å². The summed E-state index contributed by atoms with van der Waals surface area (Å²) in [4.78, 5) is 17.1. The fourth-order valence-electron chi connectivity index (χ4n) is 6.21. The number of ether oxygens (including phenoxy) is 4. The van der Waals surface area contributed by atoms with Crippen LogP contribution in [0.2, 0.25) is 10.0 Å². The van der Waals surface area contributed by atoms with Gasteiger partial charge in [-0.2, -0.15) is 0 Å². The maximum atomic E-state index is 8.88. The molecule has 5 aromatic rings. The second kappa shape index (κ2) is 17.9. The van der Waals surface area contributed by atoms with Gasteiger partial charge >= 0.3 is 0 Å². The number of aromatic amines is 2. The normalized spacial score (nSPS) is 12.1. The Labute approximate surface area is 322 Å². The van der Waals surface area contributed by atoms with E-state index in [2.05, 4.69) is 9.97 Å². The molecule has 0 amide bonds. The molecular weight excluding hydrogens is 727 g/mol.